The maximum absolute atomic E-state index is 12.8. The molecular formula is C26H26N2O3. The third-order valence-electron chi connectivity index (χ3n) is 5.72. The van der Waals surface area contributed by atoms with Crippen molar-refractivity contribution in [3.05, 3.63) is 90.0 Å². The van der Waals surface area contributed by atoms with Gasteiger partial charge in [0.1, 0.15) is 11.5 Å². The van der Waals surface area contributed by atoms with E-state index in [1.165, 1.54) is 0 Å². The fourth-order valence-corrected chi connectivity index (χ4v) is 3.84. The summed E-state index contributed by atoms with van der Waals surface area (Å²) >= 11 is 0. The highest BCUT2D eigenvalue weighted by Crippen LogP contribution is 2.30. The first kappa shape index (κ1) is 20.7. The summed E-state index contributed by atoms with van der Waals surface area (Å²) < 4.78 is 5.90. The number of hydrogen-bond donors (Lipinski definition) is 1. The van der Waals surface area contributed by atoms with Crippen molar-refractivity contribution < 1.29 is 14.3 Å². The Morgan fingerprint density at radius 2 is 1.68 bits per heavy atom. The van der Waals surface area contributed by atoms with Crippen LogP contribution in [0.3, 0.4) is 0 Å². The molecule has 0 spiro atoms. The van der Waals surface area contributed by atoms with Crippen molar-refractivity contribution in [2.45, 2.75) is 26.3 Å². The van der Waals surface area contributed by atoms with Gasteiger partial charge in [0.2, 0.25) is 11.8 Å². The summed E-state index contributed by atoms with van der Waals surface area (Å²) in [5.74, 6) is 1.02. The van der Waals surface area contributed by atoms with E-state index in [1.807, 2.05) is 92.7 Å². The zero-order valence-corrected chi connectivity index (χ0v) is 17.7. The molecule has 0 aromatic heterocycles. The fourth-order valence-electron chi connectivity index (χ4n) is 3.84. The Labute approximate surface area is 182 Å². The van der Waals surface area contributed by atoms with Crippen molar-refractivity contribution in [2.75, 3.05) is 11.9 Å². The van der Waals surface area contributed by atoms with Crippen LogP contribution in [0.15, 0.2) is 78.9 Å². The summed E-state index contributed by atoms with van der Waals surface area (Å²) in [5, 5.41) is 2.93. The van der Waals surface area contributed by atoms with Gasteiger partial charge in [0.15, 0.2) is 0 Å². The molecule has 1 fully saturated rings. The predicted molar refractivity (Wildman–Crippen MR) is 121 cm³/mol. The first-order chi connectivity index (χ1) is 15.0. The molecule has 1 aliphatic rings. The maximum atomic E-state index is 12.8. The van der Waals surface area contributed by atoms with Gasteiger partial charge in [-0.15, -0.1) is 0 Å². The molecule has 1 heterocycles. The molecule has 0 radical (unpaired) electrons. The van der Waals surface area contributed by atoms with Crippen LogP contribution in [0.2, 0.25) is 0 Å². The zero-order chi connectivity index (χ0) is 21.8. The molecule has 4 rings (SSSR count). The average molecular weight is 415 g/mol. The highest BCUT2D eigenvalue weighted by molar-refractivity contribution is 5.97. The molecule has 158 valence electrons. The summed E-state index contributed by atoms with van der Waals surface area (Å²) in [6.07, 6.45) is 0.234. The van der Waals surface area contributed by atoms with Crippen molar-refractivity contribution in [1.82, 2.24) is 4.90 Å². The number of amides is 2. The number of para-hydroxylation sites is 1. The number of hydrogen-bond acceptors (Lipinski definition) is 3. The molecule has 3 aromatic rings. The van der Waals surface area contributed by atoms with Crippen LogP contribution in [0.5, 0.6) is 11.5 Å². The van der Waals surface area contributed by atoms with Crippen LogP contribution in [0, 0.1) is 12.8 Å². The number of aryl methyl sites for hydroxylation is 1. The second-order valence-electron chi connectivity index (χ2n) is 7.91. The van der Waals surface area contributed by atoms with Gasteiger partial charge in [-0.25, -0.2) is 0 Å². The van der Waals surface area contributed by atoms with Crippen LogP contribution < -0.4 is 10.1 Å². The minimum Gasteiger partial charge on any atom is -0.457 e. The minimum atomic E-state index is -0.360. The van der Waals surface area contributed by atoms with Gasteiger partial charge in [-0.2, -0.15) is 0 Å². The fraction of sp³-hybridized carbons (Fsp3) is 0.231. The average Bonchev–Trinajstić information content (AvgIpc) is 3.18. The Bertz CT molecular complexity index is 1060. The summed E-state index contributed by atoms with van der Waals surface area (Å²) in [7, 11) is 0. The van der Waals surface area contributed by atoms with Gasteiger partial charge in [0, 0.05) is 18.7 Å². The van der Waals surface area contributed by atoms with E-state index in [0.29, 0.717) is 18.0 Å². The quantitative estimate of drug-likeness (QED) is 0.593. The van der Waals surface area contributed by atoms with Gasteiger partial charge in [-0.1, -0.05) is 48.5 Å². The Hall–Kier alpha value is -3.60. The van der Waals surface area contributed by atoms with Crippen LogP contribution in [-0.2, 0) is 9.59 Å². The molecule has 0 saturated carbocycles. The van der Waals surface area contributed by atoms with E-state index in [2.05, 4.69) is 5.32 Å². The SMILES string of the molecule is Cc1ccccc1Oc1ccc(NC(=O)[C@H]2CC(=O)N([C@H](C)c3ccccc3)C2)cc1. The van der Waals surface area contributed by atoms with Crippen molar-refractivity contribution >= 4 is 17.5 Å². The molecule has 1 N–H and O–H groups in total. The normalized spacial score (nSPS) is 16.8. The Balaban J connectivity index is 1.36. The minimum absolute atomic E-state index is 0.0125. The molecule has 0 unspecified atom stereocenters. The van der Waals surface area contributed by atoms with Gasteiger partial charge in [-0.3, -0.25) is 9.59 Å². The lowest BCUT2D eigenvalue weighted by Crippen LogP contribution is -2.30. The number of carbonyl (C=O) groups excluding carboxylic acids is 2. The van der Waals surface area contributed by atoms with Crippen LogP contribution in [0.4, 0.5) is 5.69 Å². The van der Waals surface area contributed by atoms with Gasteiger partial charge in [0.05, 0.1) is 12.0 Å². The Morgan fingerprint density at radius 1 is 1.00 bits per heavy atom. The summed E-state index contributed by atoms with van der Waals surface area (Å²) in [6.45, 7) is 4.42. The highest BCUT2D eigenvalue weighted by Gasteiger charge is 2.37. The second-order valence-corrected chi connectivity index (χ2v) is 7.91. The van der Waals surface area contributed by atoms with E-state index in [1.54, 1.807) is 4.90 Å². The van der Waals surface area contributed by atoms with Crippen LogP contribution >= 0.6 is 0 Å². The van der Waals surface area contributed by atoms with Crippen LogP contribution in [-0.4, -0.2) is 23.3 Å². The largest absolute Gasteiger partial charge is 0.457 e. The number of benzene rings is 3. The molecular weight excluding hydrogens is 388 g/mol. The van der Waals surface area contributed by atoms with Crippen molar-refractivity contribution in [1.29, 1.82) is 0 Å². The number of rotatable bonds is 6. The van der Waals surface area contributed by atoms with E-state index in [4.69, 9.17) is 4.74 Å². The molecule has 1 saturated heterocycles. The molecule has 2 amide bonds. The van der Waals surface area contributed by atoms with E-state index >= 15 is 0 Å². The molecule has 3 aromatic carbocycles. The molecule has 0 bridgehead atoms. The van der Waals surface area contributed by atoms with Crippen molar-refractivity contribution in [3.8, 4) is 11.5 Å². The molecule has 5 nitrogen and oxygen atoms in total. The first-order valence-electron chi connectivity index (χ1n) is 10.5. The van der Waals surface area contributed by atoms with Gasteiger partial charge in [0.25, 0.3) is 0 Å². The number of nitrogens with one attached hydrogen (secondary N) is 1. The van der Waals surface area contributed by atoms with E-state index in [-0.39, 0.29) is 30.2 Å². The van der Waals surface area contributed by atoms with Crippen LogP contribution in [0.25, 0.3) is 0 Å². The van der Waals surface area contributed by atoms with Gasteiger partial charge >= 0.3 is 0 Å². The molecule has 31 heavy (non-hydrogen) atoms. The highest BCUT2D eigenvalue weighted by atomic mass is 16.5. The summed E-state index contributed by atoms with van der Waals surface area (Å²) in [5.41, 5.74) is 2.81. The smallest absolute Gasteiger partial charge is 0.229 e. The second kappa shape index (κ2) is 9.04. The lowest BCUT2D eigenvalue weighted by molar-refractivity contribution is -0.129. The van der Waals surface area contributed by atoms with Crippen LogP contribution in [0.1, 0.15) is 30.5 Å². The number of anilines is 1. The Morgan fingerprint density at radius 3 is 2.39 bits per heavy atom. The topological polar surface area (TPSA) is 58.6 Å². The van der Waals surface area contributed by atoms with Crippen molar-refractivity contribution in [2.24, 2.45) is 5.92 Å². The lowest BCUT2D eigenvalue weighted by atomic mass is 10.1. The Kier molecular flexibility index (Phi) is 6.03. The zero-order valence-electron chi connectivity index (χ0n) is 17.7. The monoisotopic (exact) mass is 414 g/mol. The number of likely N-dealkylation sites (tertiary alicyclic amines) is 1. The number of ether oxygens (including phenoxy) is 1. The third-order valence-corrected chi connectivity index (χ3v) is 5.72. The standard InChI is InChI=1S/C26H26N2O3/c1-18-8-6-7-11-24(18)31-23-14-12-22(13-15-23)27-26(30)21-16-25(29)28(17-21)19(2)20-9-4-3-5-10-20/h3-15,19,21H,16-17H2,1-2H3,(H,27,30)/t19-,21+/m1/s1. The summed E-state index contributed by atoms with van der Waals surface area (Å²) in [6, 6.07) is 24.9. The van der Waals surface area contributed by atoms with E-state index in [9.17, 15) is 9.59 Å². The predicted octanol–water partition coefficient (Wildman–Crippen LogP) is 5.34. The van der Waals surface area contributed by atoms with E-state index in [0.717, 1.165) is 16.9 Å². The summed E-state index contributed by atoms with van der Waals surface area (Å²) in [4.78, 5) is 27.1. The maximum Gasteiger partial charge on any atom is 0.229 e. The molecule has 5 heteroatoms. The molecule has 0 aliphatic carbocycles. The number of nitrogens with zero attached hydrogens (tertiary/aromatic N) is 1. The third kappa shape index (κ3) is 4.77. The number of carbonyl (C=O) groups is 2. The van der Waals surface area contributed by atoms with Gasteiger partial charge < -0.3 is 15.0 Å². The molecule has 2 atom stereocenters. The molecule has 1 aliphatic heterocycles. The lowest BCUT2D eigenvalue weighted by Gasteiger charge is -2.25. The van der Waals surface area contributed by atoms with E-state index < -0.39 is 0 Å². The van der Waals surface area contributed by atoms with Gasteiger partial charge in [-0.05, 0) is 55.3 Å². The first-order valence-corrected chi connectivity index (χ1v) is 10.5. The van der Waals surface area contributed by atoms with Crippen molar-refractivity contribution in [3.63, 3.8) is 0 Å².